The zero-order valence-corrected chi connectivity index (χ0v) is 35.7. The Morgan fingerprint density at radius 3 is 1.25 bits per heavy atom. The van der Waals surface area contributed by atoms with Gasteiger partial charge >= 0.3 is 0 Å². The number of pyridine rings is 2. The first kappa shape index (κ1) is 37.0. The van der Waals surface area contributed by atoms with Crippen molar-refractivity contribution in [2.24, 2.45) is 0 Å². The van der Waals surface area contributed by atoms with Crippen molar-refractivity contribution in [2.75, 3.05) is 9.80 Å². The monoisotopic (exact) mass is 823 g/mol. The van der Waals surface area contributed by atoms with E-state index in [-0.39, 0.29) is 5.54 Å². The third kappa shape index (κ3) is 6.82. The summed E-state index contributed by atoms with van der Waals surface area (Å²) in [6.45, 7) is 6.88. The van der Waals surface area contributed by atoms with Crippen LogP contribution in [-0.2, 0) is 5.54 Å². The van der Waals surface area contributed by atoms with Gasteiger partial charge in [0.25, 0.3) is 0 Å². The fourth-order valence-corrected chi connectivity index (χ4v) is 10.6. The summed E-state index contributed by atoms with van der Waals surface area (Å²) in [5.41, 5.74) is 8.26. The average Bonchev–Trinajstić information content (AvgIpc) is 4.05. The number of thiophene rings is 2. The molecule has 0 amide bonds. The molecule has 0 atom stereocenters. The van der Waals surface area contributed by atoms with Gasteiger partial charge in [0.2, 0.25) is 0 Å². The van der Waals surface area contributed by atoms with E-state index in [1.54, 1.807) is 0 Å². The van der Waals surface area contributed by atoms with E-state index < -0.39 is 0 Å². The number of nitrogens with zero attached hydrogens (tertiary/aromatic N) is 5. The first-order chi connectivity index (χ1) is 29.8. The molecule has 61 heavy (non-hydrogen) atoms. The fourth-order valence-electron chi connectivity index (χ4n) is 8.48. The van der Waals surface area contributed by atoms with E-state index in [9.17, 15) is 0 Å². The minimum Gasteiger partial charge on any atom is -0.308 e. The van der Waals surface area contributed by atoms with Gasteiger partial charge in [-0.15, -0.1) is 22.7 Å². The number of fused-ring (bicyclic) bond motifs is 4. The lowest BCUT2D eigenvalue weighted by Gasteiger charge is -2.36. The maximum Gasteiger partial charge on any atom is 0.119 e. The molecule has 0 saturated carbocycles. The van der Waals surface area contributed by atoms with E-state index in [1.807, 2.05) is 47.2 Å². The average molecular weight is 824 g/mol. The fraction of sp³-hybridized carbons (Fsp3) is 0.0741. The molecule has 5 heterocycles. The van der Waals surface area contributed by atoms with Crippen LogP contribution < -0.4 is 9.80 Å². The lowest BCUT2D eigenvalue weighted by Crippen LogP contribution is -2.29. The minimum atomic E-state index is -0.338. The predicted molar refractivity (Wildman–Crippen MR) is 261 cm³/mol. The van der Waals surface area contributed by atoms with Crippen LogP contribution in [0.15, 0.2) is 194 Å². The molecule has 0 radical (unpaired) electrons. The Morgan fingerprint density at radius 2 is 0.820 bits per heavy atom. The van der Waals surface area contributed by atoms with Crippen LogP contribution in [0.4, 0.5) is 34.4 Å². The maximum atomic E-state index is 4.67. The molecule has 0 aliphatic heterocycles. The molecule has 0 bridgehead atoms. The van der Waals surface area contributed by atoms with Crippen molar-refractivity contribution in [1.29, 1.82) is 0 Å². The molecule has 7 heteroatoms. The van der Waals surface area contributed by atoms with Gasteiger partial charge in [-0.25, -0.2) is 0 Å². The Morgan fingerprint density at radius 1 is 0.410 bits per heavy atom. The largest absolute Gasteiger partial charge is 0.308 e. The quantitative estimate of drug-likeness (QED) is 0.153. The third-order valence-electron chi connectivity index (χ3n) is 11.3. The number of benzene rings is 6. The minimum absolute atomic E-state index is 0.338. The smallest absolute Gasteiger partial charge is 0.119 e. The summed E-state index contributed by atoms with van der Waals surface area (Å²) in [4.78, 5) is 16.6. The van der Waals surface area contributed by atoms with Crippen LogP contribution in [-0.4, -0.2) is 14.5 Å². The number of hydrogen-bond acceptors (Lipinski definition) is 6. The lowest BCUT2D eigenvalue weighted by atomic mass is 10.1. The van der Waals surface area contributed by atoms with Crippen LogP contribution in [0.25, 0.3) is 62.9 Å². The van der Waals surface area contributed by atoms with Crippen LogP contribution in [0.3, 0.4) is 0 Å². The molecule has 5 nitrogen and oxygen atoms in total. The summed E-state index contributed by atoms with van der Waals surface area (Å²) in [5, 5.41) is 4.73. The zero-order valence-electron chi connectivity index (χ0n) is 34.0. The van der Waals surface area contributed by atoms with Crippen LogP contribution in [0.2, 0.25) is 0 Å². The van der Waals surface area contributed by atoms with E-state index >= 15 is 0 Å². The van der Waals surface area contributed by atoms with Crippen molar-refractivity contribution in [1.82, 2.24) is 14.5 Å². The Kier molecular flexibility index (Phi) is 9.03. The molecule has 5 aromatic heterocycles. The van der Waals surface area contributed by atoms with Gasteiger partial charge in [-0.2, -0.15) is 0 Å². The summed E-state index contributed by atoms with van der Waals surface area (Å²) >= 11 is 3.67. The Bertz CT molecular complexity index is 3090. The van der Waals surface area contributed by atoms with Gasteiger partial charge in [0.15, 0.2) is 0 Å². The molecule has 11 rings (SSSR count). The second-order valence-corrected chi connectivity index (χ2v) is 18.5. The van der Waals surface area contributed by atoms with Gasteiger partial charge in [-0.05, 0) is 152 Å². The first-order valence-corrected chi connectivity index (χ1v) is 22.2. The highest BCUT2D eigenvalue weighted by Gasteiger charge is 2.29. The molecule has 0 fully saturated rings. The van der Waals surface area contributed by atoms with Gasteiger partial charge in [-0.1, -0.05) is 72.8 Å². The van der Waals surface area contributed by atoms with Crippen molar-refractivity contribution in [3.8, 4) is 20.9 Å². The molecular formula is C54H41N5S2. The number of aromatic nitrogens is 3. The van der Waals surface area contributed by atoms with E-state index in [1.165, 1.54) is 41.1 Å². The van der Waals surface area contributed by atoms with Crippen LogP contribution in [0.5, 0.6) is 0 Å². The number of anilines is 6. The van der Waals surface area contributed by atoms with Gasteiger partial charge in [-0.3, -0.25) is 19.8 Å². The second kappa shape index (κ2) is 14.9. The van der Waals surface area contributed by atoms with E-state index in [2.05, 4.69) is 215 Å². The Hall–Kier alpha value is -7.06. The highest BCUT2D eigenvalue weighted by Crippen LogP contribution is 2.47. The number of hydrogen-bond donors (Lipinski definition) is 0. The predicted octanol–water partition coefficient (Wildman–Crippen LogP) is 16.0. The highest BCUT2D eigenvalue weighted by molar-refractivity contribution is 7.22. The maximum absolute atomic E-state index is 4.67. The number of rotatable bonds is 8. The molecule has 0 unspecified atom stereocenters. The molecule has 0 N–H and O–H groups in total. The van der Waals surface area contributed by atoms with E-state index in [4.69, 9.17) is 0 Å². The molecule has 294 valence electrons. The standard InChI is InChI=1S/C54H41N5S2/c1-54(2,3)59-52(57(44-24-26-46-38(32-44)12-8-30-55-46)42-20-16-36(17-21-42)50-34-40-10-4-6-14-48(40)60-50)28-29-53(59)58(45-25-27-47-39(33-45)13-9-31-56-47)43-22-18-37(19-23-43)51-35-41-11-5-7-15-49(41)61-51/h4-35H,1-3H3. The summed E-state index contributed by atoms with van der Waals surface area (Å²) < 4.78 is 5.07. The zero-order chi connectivity index (χ0) is 41.1. The molecule has 0 spiro atoms. The van der Waals surface area contributed by atoms with Gasteiger partial charge < -0.3 is 4.57 Å². The molecule has 0 aliphatic carbocycles. The SMILES string of the molecule is CC(C)(C)n1c(N(c2ccc(-c3cc4ccccc4s3)cc2)c2ccc3ncccc3c2)ccc1N(c1ccc(-c2cc3ccccc3s2)cc1)c1ccc2ncccc2c1. The summed E-state index contributed by atoms with van der Waals surface area (Å²) in [7, 11) is 0. The first-order valence-electron chi connectivity index (χ1n) is 20.5. The highest BCUT2D eigenvalue weighted by atomic mass is 32.1. The van der Waals surface area contributed by atoms with Crippen molar-refractivity contribution < 1.29 is 0 Å². The summed E-state index contributed by atoms with van der Waals surface area (Å²) in [6.07, 6.45) is 3.71. The molecule has 0 aliphatic rings. The lowest BCUT2D eigenvalue weighted by molar-refractivity contribution is 0.405. The van der Waals surface area contributed by atoms with Crippen molar-refractivity contribution >= 4 is 99.0 Å². The molecular weight excluding hydrogens is 783 g/mol. The van der Waals surface area contributed by atoms with Crippen LogP contribution >= 0.6 is 22.7 Å². The molecule has 0 saturated heterocycles. The summed E-state index contributed by atoms with van der Waals surface area (Å²) in [6, 6.07) is 65.9. The van der Waals surface area contributed by atoms with Crippen molar-refractivity contribution in [3.05, 3.63) is 194 Å². The second-order valence-electron chi connectivity index (χ2n) is 16.4. The Labute approximate surface area is 363 Å². The van der Waals surface area contributed by atoms with Crippen LogP contribution in [0.1, 0.15) is 20.8 Å². The van der Waals surface area contributed by atoms with Crippen molar-refractivity contribution in [3.63, 3.8) is 0 Å². The van der Waals surface area contributed by atoms with Crippen molar-refractivity contribution in [2.45, 2.75) is 26.3 Å². The van der Waals surface area contributed by atoms with Crippen LogP contribution in [0, 0.1) is 0 Å². The normalized spacial score (nSPS) is 11.9. The van der Waals surface area contributed by atoms with Gasteiger partial charge in [0, 0.05) is 70.6 Å². The van der Waals surface area contributed by atoms with Gasteiger partial charge in [0.1, 0.15) is 11.6 Å². The summed E-state index contributed by atoms with van der Waals surface area (Å²) in [5.74, 6) is 2.10. The van der Waals surface area contributed by atoms with E-state index in [0.29, 0.717) is 0 Å². The molecule has 11 aromatic rings. The van der Waals surface area contributed by atoms with Gasteiger partial charge in [0.05, 0.1) is 11.0 Å². The van der Waals surface area contributed by atoms with E-state index in [0.717, 1.165) is 56.2 Å². The molecule has 6 aromatic carbocycles. The Balaban J connectivity index is 1.08. The topological polar surface area (TPSA) is 37.2 Å². The third-order valence-corrected chi connectivity index (χ3v) is 13.7.